The third-order valence-electron chi connectivity index (χ3n) is 2.98. The Kier molecular flexibility index (Phi) is 6.15. The van der Waals surface area contributed by atoms with Crippen molar-refractivity contribution in [2.75, 3.05) is 5.88 Å². The smallest absolute Gasteiger partial charge is 0.223 e. The van der Waals surface area contributed by atoms with Gasteiger partial charge in [0.15, 0.2) is 0 Å². The molecule has 0 bridgehead atoms. The van der Waals surface area contributed by atoms with Gasteiger partial charge in [-0.2, -0.15) is 0 Å². The molecule has 20 heavy (non-hydrogen) atoms. The van der Waals surface area contributed by atoms with E-state index in [2.05, 4.69) is 0 Å². The standard InChI is InChI=1S/C15H18ClNO2S/c16-8-2-1-7-15(18)17(11-13-5-3-9-19-13)12-14-6-4-10-20-14/h3-6,9-10H,1-2,7-8,11-12H2. The third kappa shape index (κ3) is 4.69. The number of rotatable bonds is 8. The number of nitrogens with zero attached hydrogens (tertiary/aromatic N) is 1. The molecule has 2 aromatic heterocycles. The van der Waals surface area contributed by atoms with E-state index in [4.69, 9.17) is 16.0 Å². The number of carbonyl (C=O) groups is 1. The molecule has 5 heteroatoms. The Morgan fingerprint density at radius 1 is 1.25 bits per heavy atom. The number of thiophene rings is 1. The zero-order valence-corrected chi connectivity index (χ0v) is 12.8. The quantitative estimate of drug-likeness (QED) is 0.538. The molecule has 0 saturated carbocycles. The first-order chi connectivity index (χ1) is 9.79. The van der Waals surface area contributed by atoms with Crippen molar-refractivity contribution < 1.29 is 9.21 Å². The fourth-order valence-corrected chi connectivity index (χ4v) is 2.85. The Bertz CT molecular complexity index is 460. The Morgan fingerprint density at radius 2 is 2.15 bits per heavy atom. The van der Waals surface area contributed by atoms with Crippen molar-refractivity contribution in [2.24, 2.45) is 0 Å². The van der Waals surface area contributed by atoms with Gasteiger partial charge in [-0.3, -0.25) is 4.79 Å². The number of hydrogen-bond donors (Lipinski definition) is 0. The van der Waals surface area contributed by atoms with Crippen LogP contribution in [0.25, 0.3) is 0 Å². The lowest BCUT2D eigenvalue weighted by molar-refractivity contribution is -0.132. The van der Waals surface area contributed by atoms with Crippen LogP contribution in [0.4, 0.5) is 0 Å². The van der Waals surface area contributed by atoms with Gasteiger partial charge in [0, 0.05) is 17.2 Å². The van der Waals surface area contributed by atoms with Gasteiger partial charge in [0.1, 0.15) is 5.76 Å². The molecular formula is C15H18ClNO2S. The first-order valence-electron chi connectivity index (χ1n) is 6.68. The molecule has 0 aromatic carbocycles. The molecule has 108 valence electrons. The molecule has 0 aliphatic rings. The van der Waals surface area contributed by atoms with Gasteiger partial charge in [0.2, 0.25) is 5.91 Å². The third-order valence-corrected chi connectivity index (χ3v) is 4.11. The van der Waals surface area contributed by atoms with Gasteiger partial charge in [-0.15, -0.1) is 22.9 Å². The molecule has 0 N–H and O–H groups in total. The van der Waals surface area contributed by atoms with E-state index in [0.29, 0.717) is 25.4 Å². The predicted octanol–water partition coefficient (Wildman–Crippen LogP) is 4.28. The second kappa shape index (κ2) is 8.12. The Morgan fingerprint density at radius 3 is 2.80 bits per heavy atom. The second-order valence-corrected chi connectivity index (χ2v) is 5.96. The zero-order valence-electron chi connectivity index (χ0n) is 11.3. The number of alkyl halides is 1. The molecule has 0 spiro atoms. The van der Waals surface area contributed by atoms with E-state index in [9.17, 15) is 4.79 Å². The van der Waals surface area contributed by atoms with Crippen LogP contribution >= 0.6 is 22.9 Å². The summed E-state index contributed by atoms with van der Waals surface area (Å²) in [6, 6.07) is 7.79. The van der Waals surface area contributed by atoms with Crippen LogP contribution in [0.5, 0.6) is 0 Å². The number of unbranched alkanes of at least 4 members (excludes halogenated alkanes) is 1. The number of hydrogen-bond acceptors (Lipinski definition) is 3. The summed E-state index contributed by atoms with van der Waals surface area (Å²) >= 11 is 7.32. The molecule has 0 aliphatic carbocycles. The van der Waals surface area contributed by atoms with E-state index in [1.54, 1.807) is 17.6 Å². The molecule has 2 rings (SSSR count). The molecule has 0 saturated heterocycles. The van der Waals surface area contributed by atoms with Crippen molar-refractivity contribution in [1.29, 1.82) is 0 Å². The van der Waals surface area contributed by atoms with Crippen LogP contribution in [-0.2, 0) is 17.9 Å². The topological polar surface area (TPSA) is 33.5 Å². The van der Waals surface area contributed by atoms with Crippen molar-refractivity contribution in [3.05, 3.63) is 46.5 Å². The molecule has 0 radical (unpaired) electrons. The highest BCUT2D eigenvalue weighted by atomic mass is 35.5. The van der Waals surface area contributed by atoms with Crippen LogP contribution in [0.1, 0.15) is 29.9 Å². The molecule has 0 atom stereocenters. The van der Waals surface area contributed by atoms with Gasteiger partial charge < -0.3 is 9.32 Å². The highest BCUT2D eigenvalue weighted by molar-refractivity contribution is 7.09. The molecule has 0 fully saturated rings. The van der Waals surface area contributed by atoms with Crippen molar-refractivity contribution in [3.63, 3.8) is 0 Å². The summed E-state index contributed by atoms with van der Waals surface area (Å²) in [5.74, 6) is 1.57. The molecule has 0 aliphatic heterocycles. The summed E-state index contributed by atoms with van der Waals surface area (Å²) in [5, 5.41) is 2.03. The molecule has 3 nitrogen and oxygen atoms in total. The van der Waals surface area contributed by atoms with Gasteiger partial charge in [-0.25, -0.2) is 0 Å². The molecule has 2 heterocycles. The summed E-state index contributed by atoms with van der Waals surface area (Å²) in [6.45, 7) is 1.16. The average Bonchev–Trinajstić information content (AvgIpc) is 3.11. The van der Waals surface area contributed by atoms with Gasteiger partial charge in [0.05, 0.1) is 19.4 Å². The van der Waals surface area contributed by atoms with E-state index in [1.807, 2.05) is 34.5 Å². The second-order valence-electron chi connectivity index (χ2n) is 4.55. The fraction of sp³-hybridized carbons (Fsp3) is 0.400. The summed E-state index contributed by atoms with van der Waals surface area (Å²) < 4.78 is 5.35. The largest absolute Gasteiger partial charge is 0.467 e. The minimum absolute atomic E-state index is 0.153. The monoisotopic (exact) mass is 311 g/mol. The van der Waals surface area contributed by atoms with E-state index < -0.39 is 0 Å². The van der Waals surface area contributed by atoms with E-state index in [0.717, 1.165) is 18.6 Å². The van der Waals surface area contributed by atoms with Crippen LogP contribution < -0.4 is 0 Å². The highest BCUT2D eigenvalue weighted by Crippen LogP contribution is 2.16. The van der Waals surface area contributed by atoms with Crippen LogP contribution in [0.15, 0.2) is 40.3 Å². The lowest BCUT2D eigenvalue weighted by Gasteiger charge is -2.21. The van der Waals surface area contributed by atoms with E-state index in [1.165, 1.54) is 4.88 Å². The van der Waals surface area contributed by atoms with Gasteiger partial charge in [0.25, 0.3) is 0 Å². The fourth-order valence-electron chi connectivity index (χ4n) is 1.94. The summed E-state index contributed by atoms with van der Waals surface area (Å²) in [6.07, 6.45) is 3.89. The number of amides is 1. The Hall–Kier alpha value is -1.26. The van der Waals surface area contributed by atoms with Gasteiger partial charge in [-0.05, 0) is 36.4 Å². The molecule has 0 unspecified atom stereocenters. The summed E-state index contributed by atoms with van der Waals surface area (Å²) in [5.41, 5.74) is 0. The van der Waals surface area contributed by atoms with Crippen molar-refractivity contribution >= 4 is 28.8 Å². The molecular weight excluding hydrogens is 294 g/mol. The van der Waals surface area contributed by atoms with E-state index >= 15 is 0 Å². The highest BCUT2D eigenvalue weighted by Gasteiger charge is 2.15. The summed E-state index contributed by atoms with van der Waals surface area (Å²) in [7, 11) is 0. The average molecular weight is 312 g/mol. The number of carbonyl (C=O) groups excluding carboxylic acids is 1. The van der Waals surface area contributed by atoms with Crippen molar-refractivity contribution in [2.45, 2.75) is 32.4 Å². The minimum Gasteiger partial charge on any atom is -0.467 e. The Labute approximate surface area is 128 Å². The molecule has 2 aromatic rings. The van der Waals surface area contributed by atoms with Crippen molar-refractivity contribution in [1.82, 2.24) is 4.90 Å². The SMILES string of the molecule is O=C(CCCCCl)N(Cc1ccco1)Cc1cccs1. The van der Waals surface area contributed by atoms with E-state index in [-0.39, 0.29) is 5.91 Å². The number of furan rings is 1. The van der Waals surface area contributed by atoms with Crippen LogP contribution in [-0.4, -0.2) is 16.7 Å². The summed E-state index contributed by atoms with van der Waals surface area (Å²) in [4.78, 5) is 15.3. The first kappa shape index (κ1) is 15.1. The maximum Gasteiger partial charge on any atom is 0.223 e. The first-order valence-corrected chi connectivity index (χ1v) is 8.09. The van der Waals surface area contributed by atoms with Crippen LogP contribution in [0.3, 0.4) is 0 Å². The lowest BCUT2D eigenvalue weighted by atomic mass is 10.2. The van der Waals surface area contributed by atoms with Crippen LogP contribution in [0, 0.1) is 0 Å². The predicted molar refractivity (Wildman–Crippen MR) is 81.9 cm³/mol. The van der Waals surface area contributed by atoms with Gasteiger partial charge >= 0.3 is 0 Å². The Balaban J connectivity index is 1.97. The zero-order chi connectivity index (χ0) is 14.2. The van der Waals surface area contributed by atoms with Crippen molar-refractivity contribution in [3.8, 4) is 0 Å². The number of halogens is 1. The van der Waals surface area contributed by atoms with Crippen LogP contribution in [0.2, 0.25) is 0 Å². The maximum absolute atomic E-state index is 12.3. The minimum atomic E-state index is 0.153. The maximum atomic E-state index is 12.3. The lowest BCUT2D eigenvalue weighted by Crippen LogP contribution is -2.29. The molecule has 1 amide bonds. The van der Waals surface area contributed by atoms with Gasteiger partial charge in [-0.1, -0.05) is 6.07 Å². The normalized spacial score (nSPS) is 10.7.